The van der Waals surface area contributed by atoms with Crippen molar-refractivity contribution < 1.29 is 9.59 Å². The smallest absolute Gasteiger partial charge is 0.221 e. The van der Waals surface area contributed by atoms with E-state index < -0.39 is 0 Å². The second-order valence-electron chi connectivity index (χ2n) is 9.08. The SMILES string of the molecule is CC(=O)Nc1ccc(-c2csc(SCCCC(=O)NC3CCN(Cc4ccc(Cl)c(Cl)c4)CC3)n2)cc1.Cl. The number of carbonyl (C=O) groups excluding carboxylic acids is 2. The highest BCUT2D eigenvalue weighted by atomic mass is 35.5. The van der Waals surface area contributed by atoms with E-state index >= 15 is 0 Å². The minimum absolute atomic E-state index is 0. The first-order valence-corrected chi connectivity index (χ1v) is 14.9. The Kier molecular flexibility index (Phi) is 12.2. The molecule has 0 radical (unpaired) electrons. The lowest BCUT2D eigenvalue weighted by Gasteiger charge is -2.32. The van der Waals surface area contributed by atoms with E-state index in [1.807, 2.05) is 47.8 Å². The van der Waals surface area contributed by atoms with Crippen molar-refractivity contribution >= 4 is 76.2 Å². The van der Waals surface area contributed by atoms with Crippen LogP contribution in [0.3, 0.4) is 0 Å². The minimum Gasteiger partial charge on any atom is -0.353 e. The topological polar surface area (TPSA) is 74.3 Å². The van der Waals surface area contributed by atoms with Gasteiger partial charge in [0.25, 0.3) is 0 Å². The number of thioether (sulfide) groups is 1. The number of hydrogen-bond acceptors (Lipinski definition) is 6. The molecule has 1 aromatic heterocycles. The number of nitrogens with one attached hydrogen (secondary N) is 2. The van der Waals surface area contributed by atoms with Crippen molar-refractivity contribution in [2.45, 2.75) is 49.5 Å². The standard InChI is InChI=1S/C27H30Cl2N4O2S2.ClH/c1-18(34)30-21-7-5-20(6-8-21)25-17-37-27(32-25)36-14-2-3-26(35)31-22-10-12-33(13-11-22)16-19-4-9-23(28)24(29)15-19;/h4-9,15,17,22H,2-3,10-14,16H2,1H3,(H,30,34)(H,31,35);1H. The highest BCUT2D eigenvalue weighted by molar-refractivity contribution is 8.01. The Morgan fingerprint density at radius 2 is 1.84 bits per heavy atom. The second kappa shape index (κ2) is 15.1. The van der Waals surface area contributed by atoms with Crippen LogP contribution in [-0.4, -0.2) is 46.6 Å². The zero-order chi connectivity index (χ0) is 26.2. The number of halogens is 3. The lowest BCUT2D eigenvalue weighted by molar-refractivity contribution is -0.122. The van der Waals surface area contributed by atoms with Gasteiger partial charge in [0.15, 0.2) is 4.34 Å². The molecule has 6 nitrogen and oxygen atoms in total. The molecular formula is C27H31Cl3N4O2S2. The average Bonchev–Trinajstić information content (AvgIpc) is 3.34. The molecule has 1 aliphatic heterocycles. The molecule has 4 rings (SSSR count). The predicted molar refractivity (Wildman–Crippen MR) is 162 cm³/mol. The molecule has 0 bridgehead atoms. The fraction of sp³-hybridized carbons (Fsp3) is 0.370. The number of carbonyl (C=O) groups is 2. The van der Waals surface area contributed by atoms with Gasteiger partial charge in [-0.05, 0) is 49.1 Å². The van der Waals surface area contributed by atoms with Gasteiger partial charge in [0.05, 0.1) is 15.7 Å². The summed E-state index contributed by atoms with van der Waals surface area (Å²) < 4.78 is 0.996. The number of aromatic nitrogens is 1. The second-order valence-corrected chi connectivity index (χ2v) is 12.1. The molecule has 204 valence electrons. The molecular weight excluding hydrogens is 583 g/mol. The predicted octanol–water partition coefficient (Wildman–Crippen LogP) is 7.15. The van der Waals surface area contributed by atoms with Crippen LogP contribution in [0, 0.1) is 0 Å². The van der Waals surface area contributed by atoms with Gasteiger partial charge < -0.3 is 10.6 Å². The summed E-state index contributed by atoms with van der Waals surface area (Å²) in [4.78, 5) is 30.7. The van der Waals surface area contributed by atoms with Crippen LogP contribution in [-0.2, 0) is 16.1 Å². The summed E-state index contributed by atoms with van der Waals surface area (Å²) in [5.41, 5.74) is 3.86. The van der Waals surface area contributed by atoms with Crippen LogP contribution in [0.25, 0.3) is 11.3 Å². The van der Waals surface area contributed by atoms with Gasteiger partial charge in [-0.15, -0.1) is 23.7 Å². The van der Waals surface area contributed by atoms with Crippen LogP contribution in [0.2, 0.25) is 10.0 Å². The monoisotopic (exact) mass is 612 g/mol. The molecule has 2 N–H and O–H groups in total. The minimum atomic E-state index is -0.0875. The molecule has 1 saturated heterocycles. The maximum absolute atomic E-state index is 12.4. The van der Waals surface area contributed by atoms with Crippen molar-refractivity contribution in [3.63, 3.8) is 0 Å². The van der Waals surface area contributed by atoms with E-state index in [1.165, 1.54) is 6.92 Å². The van der Waals surface area contributed by atoms with Gasteiger partial charge in [0.2, 0.25) is 11.8 Å². The van der Waals surface area contributed by atoms with Gasteiger partial charge in [0, 0.05) is 61.4 Å². The first-order valence-electron chi connectivity index (χ1n) is 12.3. The Morgan fingerprint density at radius 1 is 1.11 bits per heavy atom. The third-order valence-corrected chi connectivity index (χ3v) is 8.95. The maximum Gasteiger partial charge on any atom is 0.221 e. The summed E-state index contributed by atoms with van der Waals surface area (Å²) in [6.45, 7) is 4.23. The number of rotatable bonds is 10. The molecule has 0 saturated carbocycles. The van der Waals surface area contributed by atoms with Gasteiger partial charge in [-0.2, -0.15) is 0 Å². The van der Waals surface area contributed by atoms with Crippen LogP contribution < -0.4 is 10.6 Å². The first-order chi connectivity index (χ1) is 17.9. The van der Waals surface area contributed by atoms with E-state index in [4.69, 9.17) is 28.2 Å². The lowest BCUT2D eigenvalue weighted by Crippen LogP contribution is -2.44. The molecule has 2 heterocycles. The van der Waals surface area contributed by atoms with E-state index in [9.17, 15) is 9.59 Å². The quantitative estimate of drug-likeness (QED) is 0.188. The zero-order valence-electron chi connectivity index (χ0n) is 21.0. The highest BCUT2D eigenvalue weighted by Gasteiger charge is 2.21. The fourth-order valence-electron chi connectivity index (χ4n) is 4.21. The van der Waals surface area contributed by atoms with Gasteiger partial charge in [-0.1, -0.05) is 53.2 Å². The number of nitrogens with zero attached hydrogens (tertiary/aromatic N) is 2. The summed E-state index contributed by atoms with van der Waals surface area (Å²) in [5.74, 6) is 0.891. The summed E-state index contributed by atoms with van der Waals surface area (Å²) in [6.07, 6.45) is 3.25. The van der Waals surface area contributed by atoms with Crippen LogP contribution in [0.4, 0.5) is 5.69 Å². The number of likely N-dealkylation sites (tertiary alicyclic amines) is 1. The molecule has 11 heteroatoms. The van der Waals surface area contributed by atoms with Crippen LogP contribution in [0.5, 0.6) is 0 Å². The molecule has 38 heavy (non-hydrogen) atoms. The number of amides is 2. The number of hydrogen-bond donors (Lipinski definition) is 2. The van der Waals surface area contributed by atoms with Crippen molar-refractivity contribution in [3.8, 4) is 11.3 Å². The molecule has 0 spiro atoms. The van der Waals surface area contributed by atoms with Gasteiger partial charge >= 0.3 is 0 Å². The van der Waals surface area contributed by atoms with Gasteiger partial charge in [0.1, 0.15) is 0 Å². The molecule has 0 atom stereocenters. The number of thiazole rings is 1. The van der Waals surface area contributed by atoms with Crippen molar-refractivity contribution in [3.05, 3.63) is 63.5 Å². The van der Waals surface area contributed by atoms with Crippen molar-refractivity contribution in [1.29, 1.82) is 0 Å². The lowest BCUT2D eigenvalue weighted by atomic mass is 10.0. The Labute approximate surface area is 248 Å². The van der Waals surface area contributed by atoms with E-state index in [1.54, 1.807) is 23.1 Å². The summed E-state index contributed by atoms with van der Waals surface area (Å²) >= 11 is 15.4. The van der Waals surface area contributed by atoms with Crippen molar-refractivity contribution in [2.75, 3.05) is 24.2 Å². The summed E-state index contributed by atoms with van der Waals surface area (Å²) in [5, 5.41) is 9.18. The highest BCUT2D eigenvalue weighted by Crippen LogP contribution is 2.29. The van der Waals surface area contributed by atoms with E-state index in [0.717, 1.165) is 71.5 Å². The number of benzene rings is 2. The zero-order valence-corrected chi connectivity index (χ0v) is 25.0. The Morgan fingerprint density at radius 3 is 2.53 bits per heavy atom. The summed E-state index contributed by atoms with van der Waals surface area (Å²) in [6, 6.07) is 13.7. The van der Waals surface area contributed by atoms with E-state index in [2.05, 4.69) is 15.5 Å². The molecule has 1 fully saturated rings. The molecule has 3 aromatic rings. The molecule has 1 aliphatic rings. The van der Waals surface area contributed by atoms with E-state index in [0.29, 0.717) is 16.5 Å². The number of anilines is 1. The van der Waals surface area contributed by atoms with Crippen molar-refractivity contribution in [1.82, 2.24) is 15.2 Å². The first kappa shape index (κ1) is 30.7. The fourth-order valence-corrected chi connectivity index (χ4v) is 6.37. The molecule has 2 amide bonds. The third kappa shape index (κ3) is 9.43. The van der Waals surface area contributed by atoms with E-state index in [-0.39, 0.29) is 30.3 Å². The largest absolute Gasteiger partial charge is 0.353 e. The van der Waals surface area contributed by atoms with Crippen LogP contribution >= 0.6 is 58.7 Å². The Balaban J connectivity index is 0.00000400. The Hall–Kier alpha value is -1.81. The third-order valence-electron chi connectivity index (χ3n) is 6.10. The Bertz CT molecular complexity index is 1220. The molecule has 2 aromatic carbocycles. The number of piperidine rings is 1. The maximum atomic E-state index is 12.4. The van der Waals surface area contributed by atoms with Crippen molar-refractivity contribution in [2.24, 2.45) is 0 Å². The van der Waals surface area contributed by atoms with Gasteiger partial charge in [-0.25, -0.2) is 4.98 Å². The normalized spacial score (nSPS) is 14.1. The van der Waals surface area contributed by atoms with Crippen LogP contribution in [0.1, 0.15) is 38.2 Å². The van der Waals surface area contributed by atoms with Crippen LogP contribution in [0.15, 0.2) is 52.2 Å². The average molecular weight is 614 g/mol. The van der Waals surface area contributed by atoms with Gasteiger partial charge in [-0.3, -0.25) is 14.5 Å². The molecule has 0 aliphatic carbocycles. The molecule has 0 unspecified atom stereocenters. The summed E-state index contributed by atoms with van der Waals surface area (Å²) in [7, 11) is 0.